The molecule has 0 atom stereocenters. The molecule has 3 aromatic carbocycles. The van der Waals surface area contributed by atoms with Gasteiger partial charge >= 0.3 is 0 Å². The van der Waals surface area contributed by atoms with Crippen LogP contribution < -0.4 is 20.2 Å². The molecule has 0 heterocycles. The second kappa shape index (κ2) is 13.2. The zero-order valence-corrected chi connectivity index (χ0v) is 20.5. The van der Waals surface area contributed by atoms with Gasteiger partial charge in [0.05, 0.1) is 23.5 Å². The second-order valence-electron chi connectivity index (χ2n) is 7.74. The maximum Gasteiger partial charge on any atom is 0.240 e. The number of nitrogens with zero attached hydrogens (tertiary/aromatic N) is 1. The van der Waals surface area contributed by atoms with Crippen LogP contribution in [0, 0.1) is 6.92 Å². The largest absolute Gasteiger partial charge is 0.490 e. The van der Waals surface area contributed by atoms with Crippen molar-refractivity contribution in [1.29, 1.82) is 0 Å². The number of carbonyl (C=O) groups is 2. The number of hydrogen-bond donors (Lipinski definition) is 2. The molecule has 182 valence electrons. The van der Waals surface area contributed by atoms with E-state index in [4.69, 9.17) is 21.1 Å². The number of aryl methyl sites for hydroxylation is 1. The molecule has 0 fully saturated rings. The van der Waals surface area contributed by atoms with Gasteiger partial charge in [0, 0.05) is 12.8 Å². The van der Waals surface area contributed by atoms with Crippen molar-refractivity contribution in [2.24, 2.45) is 5.10 Å². The van der Waals surface area contributed by atoms with Crippen LogP contribution in [0.5, 0.6) is 11.5 Å². The topological polar surface area (TPSA) is 89.0 Å². The Labute approximate surface area is 210 Å². The number of ether oxygens (including phenoxy) is 2. The van der Waals surface area contributed by atoms with Crippen LogP contribution in [0.1, 0.15) is 36.5 Å². The average Bonchev–Trinajstić information content (AvgIpc) is 2.84. The van der Waals surface area contributed by atoms with Crippen LogP contribution in [-0.4, -0.2) is 24.6 Å². The molecule has 3 aromatic rings. The van der Waals surface area contributed by atoms with E-state index in [0.29, 0.717) is 35.4 Å². The van der Waals surface area contributed by atoms with Gasteiger partial charge in [-0.05, 0) is 55.3 Å². The number of rotatable bonds is 11. The Hall–Kier alpha value is -3.84. The predicted octanol–water partition coefficient (Wildman–Crippen LogP) is 5.50. The van der Waals surface area contributed by atoms with E-state index < -0.39 is 0 Å². The number of benzene rings is 3. The highest BCUT2D eigenvalue weighted by Crippen LogP contribution is 2.29. The summed E-state index contributed by atoms with van der Waals surface area (Å²) in [4.78, 5) is 24.1. The Morgan fingerprint density at radius 1 is 0.943 bits per heavy atom. The van der Waals surface area contributed by atoms with Gasteiger partial charge in [0.15, 0.2) is 11.5 Å². The lowest BCUT2D eigenvalue weighted by Crippen LogP contribution is -2.20. The summed E-state index contributed by atoms with van der Waals surface area (Å²) in [6.45, 7) is 4.84. The quantitative estimate of drug-likeness (QED) is 0.273. The molecule has 0 unspecified atom stereocenters. The standard InChI is InChI=1S/C27H28ClN3O4/c1-3-34-25-16-20(11-12-24(25)35-18-21-8-6-7-19(2)15-21)17-29-31-27(33)14-13-26(32)30-23-10-5-4-9-22(23)28/h4-12,15-17H,3,13-14,18H2,1-2H3,(H,30,32)(H,31,33). The summed E-state index contributed by atoms with van der Waals surface area (Å²) in [6.07, 6.45) is 1.51. The van der Waals surface area contributed by atoms with Crippen LogP contribution in [0.3, 0.4) is 0 Å². The molecule has 0 aliphatic heterocycles. The number of anilines is 1. The summed E-state index contributed by atoms with van der Waals surface area (Å²) >= 11 is 6.02. The highest BCUT2D eigenvalue weighted by molar-refractivity contribution is 6.33. The van der Waals surface area contributed by atoms with E-state index >= 15 is 0 Å². The molecule has 0 radical (unpaired) electrons. The first-order chi connectivity index (χ1) is 16.9. The molecule has 8 heteroatoms. The van der Waals surface area contributed by atoms with Gasteiger partial charge in [0.25, 0.3) is 0 Å². The molecule has 35 heavy (non-hydrogen) atoms. The van der Waals surface area contributed by atoms with E-state index in [0.717, 1.165) is 11.1 Å². The minimum absolute atomic E-state index is 0.00798. The molecule has 2 amide bonds. The monoisotopic (exact) mass is 493 g/mol. The summed E-state index contributed by atoms with van der Waals surface area (Å²) in [5, 5.41) is 7.10. The van der Waals surface area contributed by atoms with Crippen molar-refractivity contribution in [3.63, 3.8) is 0 Å². The molecule has 0 aromatic heterocycles. The number of carbonyl (C=O) groups excluding carboxylic acids is 2. The van der Waals surface area contributed by atoms with E-state index in [2.05, 4.69) is 21.9 Å². The second-order valence-corrected chi connectivity index (χ2v) is 8.15. The van der Waals surface area contributed by atoms with Crippen molar-refractivity contribution in [3.8, 4) is 11.5 Å². The average molecular weight is 494 g/mol. The smallest absolute Gasteiger partial charge is 0.240 e. The molecule has 2 N–H and O–H groups in total. The highest BCUT2D eigenvalue weighted by atomic mass is 35.5. The maximum absolute atomic E-state index is 12.0. The van der Waals surface area contributed by atoms with Crippen LogP contribution in [0.2, 0.25) is 5.02 Å². The number of amides is 2. The van der Waals surface area contributed by atoms with Crippen LogP contribution in [0.15, 0.2) is 71.8 Å². The fourth-order valence-corrected chi connectivity index (χ4v) is 3.38. The summed E-state index contributed by atoms with van der Waals surface area (Å²) < 4.78 is 11.7. The Kier molecular flexibility index (Phi) is 9.69. The third kappa shape index (κ3) is 8.46. The molecular formula is C27H28ClN3O4. The predicted molar refractivity (Wildman–Crippen MR) is 138 cm³/mol. The summed E-state index contributed by atoms with van der Waals surface area (Å²) in [5.41, 5.74) is 5.91. The Morgan fingerprint density at radius 3 is 2.51 bits per heavy atom. The van der Waals surface area contributed by atoms with Crippen molar-refractivity contribution < 1.29 is 19.1 Å². The number of halogens is 1. The molecule has 0 bridgehead atoms. The highest BCUT2D eigenvalue weighted by Gasteiger charge is 2.09. The molecule has 0 saturated carbocycles. The SMILES string of the molecule is CCOc1cc(C=NNC(=O)CCC(=O)Nc2ccccc2Cl)ccc1OCc1cccc(C)c1. The number of para-hydroxylation sites is 1. The fourth-order valence-electron chi connectivity index (χ4n) is 3.19. The lowest BCUT2D eigenvalue weighted by atomic mass is 10.1. The van der Waals surface area contributed by atoms with Crippen LogP contribution in [-0.2, 0) is 16.2 Å². The zero-order chi connectivity index (χ0) is 25.0. The molecule has 0 aliphatic carbocycles. The van der Waals surface area contributed by atoms with E-state index in [1.807, 2.05) is 44.2 Å². The first-order valence-electron chi connectivity index (χ1n) is 11.3. The third-order valence-electron chi connectivity index (χ3n) is 4.87. The number of hydrazone groups is 1. The minimum atomic E-state index is -0.376. The third-order valence-corrected chi connectivity index (χ3v) is 5.20. The fraction of sp³-hybridized carbons (Fsp3) is 0.222. The minimum Gasteiger partial charge on any atom is -0.490 e. The van der Waals surface area contributed by atoms with Gasteiger partial charge in [-0.1, -0.05) is 53.6 Å². The number of nitrogens with one attached hydrogen (secondary N) is 2. The Bertz CT molecular complexity index is 1200. The summed E-state index contributed by atoms with van der Waals surface area (Å²) in [7, 11) is 0. The van der Waals surface area contributed by atoms with Crippen molar-refractivity contribution in [2.75, 3.05) is 11.9 Å². The van der Waals surface area contributed by atoms with Gasteiger partial charge < -0.3 is 14.8 Å². The molecular weight excluding hydrogens is 466 g/mol. The van der Waals surface area contributed by atoms with Crippen LogP contribution >= 0.6 is 11.6 Å². The summed E-state index contributed by atoms with van der Waals surface area (Å²) in [5.74, 6) is 0.532. The van der Waals surface area contributed by atoms with Crippen molar-refractivity contribution >= 4 is 35.3 Å². The van der Waals surface area contributed by atoms with Gasteiger partial charge in [-0.25, -0.2) is 5.43 Å². The van der Waals surface area contributed by atoms with E-state index in [1.54, 1.807) is 30.3 Å². The van der Waals surface area contributed by atoms with Gasteiger partial charge in [0.1, 0.15) is 6.61 Å². The lowest BCUT2D eigenvalue weighted by Gasteiger charge is -2.13. The van der Waals surface area contributed by atoms with Gasteiger partial charge in [-0.3, -0.25) is 9.59 Å². The van der Waals surface area contributed by atoms with E-state index in [1.165, 1.54) is 11.8 Å². The first-order valence-corrected chi connectivity index (χ1v) is 11.6. The lowest BCUT2D eigenvalue weighted by molar-refractivity contribution is -0.124. The Morgan fingerprint density at radius 2 is 1.74 bits per heavy atom. The van der Waals surface area contributed by atoms with Gasteiger partial charge in [-0.15, -0.1) is 0 Å². The number of hydrogen-bond acceptors (Lipinski definition) is 5. The molecule has 0 spiro atoms. The van der Waals surface area contributed by atoms with E-state index in [-0.39, 0.29) is 24.7 Å². The Balaban J connectivity index is 1.50. The maximum atomic E-state index is 12.0. The molecule has 3 rings (SSSR count). The molecule has 7 nitrogen and oxygen atoms in total. The van der Waals surface area contributed by atoms with Crippen molar-refractivity contribution in [1.82, 2.24) is 5.43 Å². The molecule has 0 saturated heterocycles. The summed E-state index contributed by atoms with van der Waals surface area (Å²) in [6, 6.07) is 20.5. The van der Waals surface area contributed by atoms with Crippen molar-refractivity contribution in [3.05, 3.63) is 88.4 Å². The van der Waals surface area contributed by atoms with Gasteiger partial charge in [0.2, 0.25) is 11.8 Å². The van der Waals surface area contributed by atoms with Crippen molar-refractivity contribution in [2.45, 2.75) is 33.3 Å². The van der Waals surface area contributed by atoms with E-state index in [9.17, 15) is 9.59 Å². The normalized spacial score (nSPS) is 10.7. The first kappa shape index (κ1) is 25.8. The zero-order valence-electron chi connectivity index (χ0n) is 19.7. The van der Waals surface area contributed by atoms with Gasteiger partial charge in [-0.2, -0.15) is 5.10 Å². The van der Waals surface area contributed by atoms with Crippen LogP contribution in [0.4, 0.5) is 5.69 Å². The molecule has 0 aliphatic rings. The van der Waals surface area contributed by atoms with Crippen LogP contribution in [0.25, 0.3) is 0 Å².